The van der Waals surface area contributed by atoms with Crippen molar-refractivity contribution >= 4 is 23.4 Å². The summed E-state index contributed by atoms with van der Waals surface area (Å²) in [5, 5.41) is 7.16. The van der Waals surface area contributed by atoms with Crippen LogP contribution in [0.3, 0.4) is 0 Å². The normalized spacial score (nSPS) is 21.1. The highest BCUT2D eigenvalue weighted by atomic mass is 35.5. The molecule has 2 aromatic rings. The molecule has 0 aromatic heterocycles. The molecule has 5 rings (SSSR count). The van der Waals surface area contributed by atoms with E-state index in [0.29, 0.717) is 55.5 Å². The van der Waals surface area contributed by atoms with Gasteiger partial charge in [0.1, 0.15) is 6.04 Å². The lowest BCUT2D eigenvalue weighted by Gasteiger charge is -2.44. The third-order valence-corrected chi connectivity index (χ3v) is 9.10. The Morgan fingerprint density at radius 2 is 1.66 bits per heavy atom. The standard InChI is InChI=1S/C33H45ClN4O3/c1-23(2)22-38(29-13-17-41-18-14-29)28-11-15-37(16-12-28)33(40)31(19-24-7-9-27(34)10-8-24)36-32(39)30-20-25-5-3-4-6-26(25)21-35-30/h3-10,23,28-31,35H,11-22H2,1-2H3,(H,36,39)/t30-,31-/m1/s1. The Morgan fingerprint density at radius 1 is 1.00 bits per heavy atom. The number of piperidine rings is 1. The number of fused-ring (bicyclic) bond motifs is 1. The maximum absolute atomic E-state index is 14.0. The van der Waals surface area contributed by atoms with Crippen molar-refractivity contribution in [2.75, 3.05) is 32.8 Å². The summed E-state index contributed by atoms with van der Waals surface area (Å²) in [6.07, 6.45) is 5.14. The third-order valence-electron chi connectivity index (χ3n) is 8.85. The molecule has 0 saturated carbocycles. The van der Waals surface area contributed by atoms with Crippen LogP contribution in [-0.2, 0) is 33.7 Å². The Morgan fingerprint density at radius 3 is 2.34 bits per heavy atom. The van der Waals surface area contributed by atoms with Gasteiger partial charge in [0.15, 0.2) is 0 Å². The predicted octanol–water partition coefficient (Wildman–Crippen LogP) is 4.21. The largest absolute Gasteiger partial charge is 0.381 e. The minimum atomic E-state index is -0.624. The fourth-order valence-electron chi connectivity index (χ4n) is 6.64. The number of ether oxygens (including phenoxy) is 1. The van der Waals surface area contributed by atoms with Gasteiger partial charge in [-0.05, 0) is 66.8 Å². The maximum atomic E-state index is 14.0. The van der Waals surface area contributed by atoms with Crippen LogP contribution in [-0.4, -0.2) is 78.6 Å². The van der Waals surface area contributed by atoms with E-state index in [1.807, 2.05) is 41.3 Å². The summed E-state index contributed by atoms with van der Waals surface area (Å²) < 4.78 is 5.64. The second-order valence-corrected chi connectivity index (χ2v) is 12.7. The zero-order chi connectivity index (χ0) is 28.8. The summed E-state index contributed by atoms with van der Waals surface area (Å²) in [6, 6.07) is 15.8. The van der Waals surface area contributed by atoms with Crippen LogP contribution in [0.15, 0.2) is 48.5 Å². The van der Waals surface area contributed by atoms with Crippen LogP contribution in [0.5, 0.6) is 0 Å². The minimum absolute atomic E-state index is 0.00411. The highest BCUT2D eigenvalue weighted by Gasteiger charge is 2.35. The van der Waals surface area contributed by atoms with E-state index < -0.39 is 6.04 Å². The molecule has 0 bridgehead atoms. The average Bonchev–Trinajstić information content (AvgIpc) is 3.00. The monoisotopic (exact) mass is 580 g/mol. The van der Waals surface area contributed by atoms with Crippen LogP contribution in [0.1, 0.15) is 56.2 Å². The molecule has 0 aliphatic carbocycles. The summed E-state index contributed by atoms with van der Waals surface area (Å²) in [7, 11) is 0. The summed E-state index contributed by atoms with van der Waals surface area (Å²) in [6.45, 7) is 9.40. The van der Waals surface area contributed by atoms with Crippen molar-refractivity contribution in [2.24, 2.45) is 5.92 Å². The van der Waals surface area contributed by atoms with E-state index in [2.05, 4.69) is 41.5 Å². The third kappa shape index (κ3) is 7.89. The van der Waals surface area contributed by atoms with E-state index in [1.54, 1.807) is 0 Å². The Bertz CT molecular complexity index is 1160. The predicted molar refractivity (Wildman–Crippen MR) is 163 cm³/mol. The number of halogens is 1. The van der Waals surface area contributed by atoms with E-state index in [4.69, 9.17) is 16.3 Å². The van der Waals surface area contributed by atoms with Gasteiger partial charge in [-0.3, -0.25) is 14.5 Å². The molecule has 7 nitrogen and oxygen atoms in total. The average molecular weight is 581 g/mol. The van der Waals surface area contributed by atoms with Gasteiger partial charge in [0.25, 0.3) is 0 Å². The topological polar surface area (TPSA) is 73.9 Å². The van der Waals surface area contributed by atoms with E-state index in [1.165, 1.54) is 11.1 Å². The van der Waals surface area contributed by atoms with Crippen molar-refractivity contribution < 1.29 is 14.3 Å². The first-order valence-corrected chi connectivity index (χ1v) is 15.7. The number of rotatable bonds is 9. The second-order valence-electron chi connectivity index (χ2n) is 12.3. The van der Waals surface area contributed by atoms with Crippen molar-refractivity contribution in [3.05, 3.63) is 70.2 Å². The first-order valence-electron chi connectivity index (χ1n) is 15.3. The summed E-state index contributed by atoms with van der Waals surface area (Å²) in [5.74, 6) is 0.477. The van der Waals surface area contributed by atoms with Gasteiger partial charge in [-0.1, -0.05) is 61.8 Å². The number of hydrogen-bond acceptors (Lipinski definition) is 5. The van der Waals surface area contributed by atoms with Gasteiger partial charge in [0.2, 0.25) is 11.8 Å². The Hall–Kier alpha value is -2.45. The van der Waals surface area contributed by atoms with Crippen LogP contribution in [0.4, 0.5) is 0 Å². The van der Waals surface area contributed by atoms with E-state index in [-0.39, 0.29) is 17.9 Å². The molecule has 8 heteroatoms. The number of likely N-dealkylation sites (tertiary alicyclic amines) is 1. The van der Waals surface area contributed by atoms with Crippen LogP contribution in [0.2, 0.25) is 5.02 Å². The van der Waals surface area contributed by atoms with Gasteiger partial charge in [-0.2, -0.15) is 0 Å². The highest BCUT2D eigenvalue weighted by Crippen LogP contribution is 2.26. The van der Waals surface area contributed by atoms with Gasteiger partial charge < -0.3 is 20.3 Å². The van der Waals surface area contributed by atoms with Gasteiger partial charge in [-0.25, -0.2) is 0 Å². The van der Waals surface area contributed by atoms with Crippen LogP contribution in [0, 0.1) is 5.92 Å². The van der Waals surface area contributed by atoms with E-state index >= 15 is 0 Å². The molecule has 0 unspecified atom stereocenters. The molecule has 3 aliphatic heterocycles. The summed E-state index contributed by atoms with van der Waals surface area (Å²) in [4.78, 5) is 32.1. The van der Waals surface area contributed by atoms with Crippen molar-refractivity contribution in [3.8, 4) is 0 Å². The Balaban J connectivity index is 1.25. The fraction of sp³-hybridized carbons (Fsp3) is 0.576. The summed E-state index contributed by atoms with van der Waals surface area (Å²) in [5.41, 5.74) is 3.39. The Labute approximate surface area is 249 Å². The number of carbonyl (C=O) groups excluding carboxylic acids is 2. The SMILES string of the molecule is CC(C)CN(C1CCOCC1)C1CCN(C(=O)[C@@H](Cc2ccc(Cl)cc2)NC(=O)[C@H]2Cc3ccccc3CN2)CC1. The molecule has 0 radical (unpaired) electrons. The molecule has 3 heterocycles. The highest BCUT2D eigenvalue weighted by molar-refractivity contribution is 6.30. The molecule has 2 aromatic carbocycles. The van der Waals surface area contributed by atoms with Crippen molar-refractivity contribution in [2.45, 2.75) is 83.1 Å². The molecule has 2 N–H and O–H groups in total. The molecular formula is C33H45ClN4O3. The molecule has 2 amide bonds. The lowest BCUT2D eigenvalue weighted by atomic mass is 9.94. The minimum Gasteiger partial charge on any atom is -0.381 e. The quantitative estimate of drug-likeness (QED) is 0.465. The molecular weight excluding hydrogens is 536 g/mol. The van der Waals surface area contributed by atoms with Crippen LogP contribution in [0.25, 0.3) is 0 Å². The maximum Gasteiger partial charge on any atom is 0.245 e. The van der Waals surface area contributed by atoms with Gasteiger partial charge >= 0.3 is 0 Å². The van der Waals surface area contributed by atoms with E-state index in [0.717, 1.165) is 51.0 Å². The van der Waals surface area contributed by atoms with E-state index in [9.17, 15) is 9.59 Å². The molecule has 2 fully saturated rings. The zero-order valence-corrected chi connectivity index (χ0v) is 25.2. The Kier molecular flexibility index (Phi) is 10.4. The zero-order valence-electron chi connectivity index (χ0n) is 24.5. The molecule has 2 saturated heterocycles. The first-order chi connectivity index (χ1) is 19.9. The van der Waals surface area contributed by atoms with Crippen LogP contribution < -0.4 is 10.6 Å². The van der Waals surface area contributed by atoms with Crippen molar-refractivity contribution in [3.63, 3.8) is 0 Å². The van der Waals surface area contributed by atoms with Gasteiger partial charge in [0.05, 0.1) is 6.04 Å². The molecule has 3 aliphatic rings. The molecule has 0 spiro atoms. The number of amides is 2. The smallest absolute Gasteiger partial charge is 0.245 e. The molecule has 41 heavy (non-hydrogen) atoms. The van der Waals surface area contributed by atoms with Crippen molar-refractivity contribution in [1.82, 2.24) is 20.4 Å². The number of carbonyl (C=O) groups is 2. The number of hydrogen-bond donors (Lipinski definition) is 2. The second kappa shape index (κ2) is 14.1. The fourth-order valence-corrected chi connectivity index (χ4v) is 6.77. The lowest BCUT2D eigenvalue weighted by molar-refractivity contribution is -0.138. The molecule has 2 atom stereocenters. The number of nitrogens with zero attached hydrogens (tertiary/aromatic N) is 2. The van der Waals surface area contributed by atoms with Crippen LogP contribution >= 0.6 is 11.6 Å². The molecule has 222 valence electrons. The number of nitrogens with one attached hydrogen (secondary N) is 2. The summed E-state index contributed by atoms with van der Waals surface area (Å²) >= 11 is 6.12. The van der Waals surface area contributed by atoms with Gasteiger partial charge in [-0.15, -0.1) is 0 Å². The lowest BCUT2D eigenvalue weighted by Crippen LogP contribution is -2.58. The van der Waals surface area contributed by atoms with Crippen molar-refractivity contribution in [1.29, 1.82) is 0 Å². The first kappa shape index (κ1) is 30.0. The van der Waals surface area contributed by atoms with Gasteiger partial charge in [0, 0.05) is 62.9 Å². The number of benzene rings is 2.